The van der Waals surface area contributed by atoms with E-state index < -0.39 is 5.97 Å². The van der Waals surface area contributed by atoms with Crippen LogP contribution in [0.3, 0.4) is 0 Å². The first kappa shape index (κ1) is 13.7. The van der Waals surface area contributed by atoms with E-state index in [0.717, 1.165) is 28.6 Å². The van der Waals surface area contributed by atoms with Crippen LogP contribution in [0, 0.1) is 5.92 Å². The van der Waals surface area contributed by atoms with E-state index in [2.05, 4.69) is 4.98 Å². The van der Waals surface area contributed by atoms with Crippen molar-refractivity contribution in [3.8, 4) is 0 Å². The predicted molar refractivity (Wildman–Crippen MR) is 79.2 cm³/mol. The van der Waals surface area contributed by atoms with Crippen LogP contribution < -0.4 is 0 Å². The van der Waals surface area contributed by atoms with Crippen LogP contribution in [-0.4, -0.2) is 33.4 Å². The molecule has 2 heterocycles. The van der Waals surface area contributed by atoms with Crippen LogP contribution in [-0.2, 0) is 17.8 Å². The first-order valence-corrected chi connectivity index (χ1v) is 7.13. The third kappa shape index (κ3) is 2.28. The number of carboxylic acids is 1. The van der Waals surface area contributed by atoms with Gasteiger partial charge in [0.25, 0.3) is 0 Å². The van der Waals surface area contributed by atoms with Crippen LogP contribution in [0.4, 0.5) is 0 Å². The number of aromatic carboxylic acids is 1. The van der Waals surface area contributed by atoms with E-state index in [1.54, 1.807) is 18.2 Å². The molecule has 110 valence electrons. The summed E-state index contributed by atoms with van der Waals surface area (Å²) in [6.45, 7) is 5.06. The third-order valence-electron chi connectivity index (χ3n) is 4.03. The van der Waals surface area contributed by atoms with Crippen LogP contribution in [0.25, 0.3) is 10.9 Å². The number of rotatable bonds is 2. The monoisotopic (exact) mass is 286 g/mol. The molecule has 0 unspecified atom stereocenters. The minimum absolute atomic E-state index is 0.0219. The molecule has 0 spiro atoms. The third-order valence-corrected chi connectivity index (χ3v) is 4.03. The number of nitrogens with zero attached hydrogens (tertiary/aromatic N) is 1. The van der Waals surface area contributed by atoms with E-state index in [0.29, 0.717) is 13.1 Å². The van der Waals surface area contributed by atoms with Gasteiger partial charge in [0.2, 0.25) is 5.91 Å². The van der Waals surface area contributed by atoms with E-state index in [9.17, 15) is 9.59 Å². The first-order valence-electron chi connectivity index (χ1n) is 7.13. The maximum atomic E-state index is 12.2. The molecule has 2 N–H and O–H groups in total. The summed E-state index contributed by atoms with van der Waals surface area (Å²) in [4.78, 5) is 28.5. The largest absolute Gasteiger partial charge is 0.478 e. The van der Waals surface area contributed by atoms with Gasteiger partial charge in [-0.2, -0.15) is 0 Å². The maximum Gasteiger partial charge on any atom is 0.335 e. The minimum Gasteiger partial charge on any atom is -0.478 e. The molecular weight excluding hydrogens is 268 g/mol. The Morgan fingerprint density at radius 1 is 1.33 bits per heavy atom. The van der Waals surface area contributed by atoms with Crippen molar-refractivity contribution < 1.29 is 14.7 Å². The Kier molecular flexibility index (Phi) is 3.20. The van der Waals surface area contributed by atoms with Gasteiger partial charge in [-0.05, 0) is 18.2 Å². The van der Waals surface area contributed by atoms with Crippen molar-refractivity contribution in [1.82, 2.24) is 9.88 Å². The molecule has 0 saturated carbocycles. The number of fused-ring (bicyclic) bond motifs is 3. The summed E-state index contributed by atoms with van der Waals surface area (Å²) in [5.74, 6) is -0.812. The minimum atomic E-state index is -0.933. The molecule has 5 nitrogen and oxygen atoms in total. The van der Waals surface area contributed by atoms with Crippen molar-refractivity contribution in [3.63, 3.8) is 0 Å². The van der Waals surface area contributed by atoms with Gasteiger partial charge in [-0.3, -0.25) is 4.79 Å². The quantitative estimate of drug-likeness (QED) is 0.890. The average molecular weight is 286 g/mol. The Morgan fingerprint density at radius 3 is 2.76 bits per heavy atom. The molecule has 1 aromatic heterocycles. The summed E-state index contributed by atoms with van der Waals surface area (Å²) in [5, 5.41) is 10.0. The fourth-order valence-electron chi connectivity index (χ4n) is 2.90. The number of carboxylic acid groups (broad SMARTS) is 1. The molecule has 1 aliphatic rings. The summed E-state index contributed by atoms with van der Waals surface area (Å²) >= 11 is 0. The maximum absolute atomic E-state index is 12.2. The molecule has 1 aromatic carbocycles. The number of carbonyl (C=O) groups excluding carboxylic acids is 1. The molecule has 1 amide bonds. The number of amides is 1. The van der Waals surface area contributed by atoms with Gasteiger partial charge in [0.15, 0.2) is 0 Å². The number of hydrogen-bond acceptors (Lipinski definition) is 2. The SMILES string of the molecule is CC(C)C(=O)N1CCc2[nH]c3ccc(C(=O)O)cc3c2C1. The summed E-state index contributed by atoms with van der Waals surface area (Å²) in [6.07, 6.45) is 0.783. The zero-order valence-electron chi connectivity index (χ0n) is 12.1. The van der Waals surface area contributed by atoms with Crippen molar-refractivity contribution >= 4 is 22.8 Å². The van der Waals surface area contributed by atoms with Crippen molar-refractivity contribution in [2.24, 2.45) is 5.92 Å². The van der Waals surface area contributed by atoms with Crippen LogP contribution in [0.5, 0.6) is 0 Å². The highest BCUT2D eigenvalue weighted by Crippen LogP contribution is 2.29. The highest BCUT2D eigenvalue weighted by molar-refractivity contribution is 5.95. The second-order valence-electron chi connectivity index (χ2n) is 5.81. The molecule has 0 radical (unpaired) electrons. The number of hydrogen-bond donors (Lipinski definition) is 2. The smallest absolute Gasteiger partial charge is 0.335 e. The van der Waals surface area contributed by atoms with Gasteiger partial charge in [-0.25, -0.2) is 4.79 Å². The topological polar surface area (TPSA) is 73.4 Å². The Bertz CT molecular complexity index is 730. The summed E-state index contributed by atoms with van der Waals surface area (Å²) in [6, 6.07) is 5.09. The lowest BCUT2D eigenvalue weighted by atomic mass is 10.0. The summed E-state index contributed by atoms with van der Waals surface area (Å²) < 4.78 is 0. The molecule has 0 bridgehead atoms. The van der Waals surface area contributed by atoms with Gasteiger partial charge in [0.05, 0.1) is 5.56 Å². The number of nitrogens with one attached hydrogen (secondary N) is 1. The summed E-state index contributed by atoms with van der Waals surface area (Å²) in [5.41, 5.74) is 3.37. The van der Waals surface area contributed by atoms with Crippen molar-refractivity contribution in [3.05, 3.63) is 35.0 Å². The zero-order valence-corrected chi connectivity index (χ0v) is 12.1. The van der Waals surface area contributed by atoms with E-state index >= 15 is 0 Å². The number of carbonyl (C=O) groups is 2. The van der Waals surface area contributed by atoms with Crippen LogP contribution in [0.15, 0.2) is 18.2 Å². The molecule has 2 aromatic rings. The molecule has 0 atom stereocenters. The fourth-order valence-corrected chi connectivity index (χ4v) is 2.90. The molecule has 1 aliphatic heterocycles. The fraction of sp³-hybridized carbons (Fsp3) is 0.375. The van der Waals surface area contributed by atoms with Crippen molar-refractivity contribution in [1.29, 1.82) is 0 Å². The molecule has 0 aliphatic carbocycles. The predicted octanol–water partition coefficient (Wildman–Crippen LogP) is 2.41. The van der Waals surface area contributed by atoms with Gasteiger partial charge >= 0.3 is 5.97 Å². The van der Waals surface area contributed by atoms with Gasteiger partial charge in [-0.1, -0.05) is 13.8 Å². The molecule has 3 rings (SSSR count). The van der Waals surface area contributed by atoms with Gasteiger partial charge in [-0.15, -0.1) is 0 Å². The Balaban J connectivity index is 2.03. The number of H-pyrrole nitrogens is 1. The van der Waals surface area contributed by atoms with E-state index in [1.165, 1.54) is 0 Å². The Morgan fingerprint density at radius 2 is 2.10 bits per heavy atom. The van der Waals surface area contributed by atoms with E-state index in [1.807, 2.05) is 18.7 Å². The van der Waals surface area contributed by atoms with Gasteiger partial charge in [0, 0.05) is 47.6 Å². The normalized spacial score (nSPS) is 14.5. The van der Waals surface area contributed by atoms with Crippen LogP contribution >= 0.6 is 0 Å². The first-order chi connectivity index (χ1) is 9.97. The average Bonchev–Trinajstić information content (AvgIpc) is 2.82. The summed E-state index contributed by atoms with van der Waals surface area (Å²) in [7, 11) is 0. The van der Waals surface area contributed by atoms with Crippen molar-refractivity contribution in [2.45, 2.75) is 26.8 Å². The lowest BCUT2D eigenvalue weighted by Gasteiger charge is -2.28. The molecule has 5 heteroatoms. The zero-order chi connectivity index (χ0) is 15.1. The highest BCUT2D eigenvalue weighted by Gasteiger charge is 2.25. The molecular formula is C16H18N2O3. The lowest BCUT2D eigenvalue weighted by Crippen LogP contribution is -2.38. The van der Waals surface area contributed by atoms with Crippen molar-refractivity contribution in [2.75, 3.05) is 6.54 Å². The lowest BCUT2D eigenvalue weighted by molar-refractivity contribution is -0.135. The van der Waals surface area contributed by atoms with Gasteiger partial charge in [0.1, 0.15) is 0 Å². The second kappa shape index (κ2) is 4.91. The molecule has 21 heavy (non-hydrogen) atoms. The van der Waals surface area contributed by atoms with E-state index in [-0.39, 0.29) is 17.4 Å². The second-order valence-corrected chi connectivity index (χ2v) is 5.81. The van der Waals surface area contributed by atoms with E-state index in [4.69, 9.17) is 5.11 Å². The number of aromatic nitrogens is 1. The Labute approximate surface area is 122 Å². The number of benzene rings is 1. The Hall–Kier alpha value is -2.30. The molecule has 0 fully saturated rings. The highest BCUT2D eigenvalue weighted by atomic mass is 16.4. The van der Waals surface area contributed by atoms with Gasteiger partial charge < -0.3 is 15.0 Å². The standard InChI is InChI=1S/C16H18N2O3/c1-9(2)15(19)18-6-5-14-12(8-18)11-7-10(16(20)21)3-4-13(11)17-14/h3-4,7,9,17H,5-6,8H2,1-2H3,(H,20,21). The van der Waals surface area contributed by atoms with Crippen LogP contribution in [0.1, 0.15) is 35.5 Å². The van der Waals surface area contributed by atoms with Crippen LogP contribution in [0.2, 0.25) is 0 Å². The molecule has 0 saturated heterocycles. The number of aromatic amines is 1.